The van der Waals surface area contributed by atoms with Crippen LogP contribution in [0.3, 0.4) is 0 Å². The zero-order valence-corrected chi connectivity index (χ0v) is 15.5. The van der Waals surface area contributed by atoms with E-state index in [2.05, 4.69) is 36.2 Å². The molecule has 7 heteroatoms. The molecule has 0 saturated heterocycles. The number of para-hydroxylation sites is 2. The first kappa shape index (κ1) is 15.8. The highest BCUT2D eigenvalue weighted by Crippen LogP contribution is 2.48. The SMILES string of the molecule is C[C@@H](NC(=O)C[C@@H]1C[C@H]1c1nc2ccccc2[nH]1)c1ncc(Br)s1. The summed E-state index contributed by atoms with van der Waals surface area (Å²) in [6.45, 7) is 1.97. The van der Waals surface area contributed by atoms with Crippen molar-refractivity contribution in [2.24, 2.45) is 5.92 Å². The zero-order valence-electron chi connectivity index (χ0n) is 13.1. The topological polar surface area (TPSA) is 70.7 Å². The highest BCUT2D eigenvalue weighted by molar-refractivity contribution is 9.11. The van der Waals surface area contributed by atoms with Crippen LogP contribution in [0.2, 0.25) is 0 Å². The van der Waals surface area contributed by atoms with Crippen molar-refractivity contribution in [2.45, 2.75) is 31.7 Å². The summed E-state index contributed by atoms with van der Waals surface area (Å²) >= 11 is 4.95. The lowest BCUT2D eigenvalue weighted by Crippen LogP contribution is -2.26. The van der Waals surface area contributed by atoms with Gasteiger partial charge in [-0.1, -0.05) is 12.1 Å². The highest BCUT2D eigenvalue weighted by atomic mass is 79.9. The summed E-state index contributed by atoms with van der Waals surface area (Å²) in [4.78, 5) is 24.6. The van der Waals surface area contributed by atoms with E-state index in [1.54, 1.807) is 17.5 Å². The zero-order chi connectivity index (χ0) is 16.7. The third kappa shape index (κ3) is 3.23. The van der Waals surface area contributed by atoms with E-state index in [-0.39, 0.29) is 11.9 Å². The molecule has 0 spiro atoms. The molecule has 5 nitrogen and oxygen atoms in total. The minimum atomic E-state index is -0.0581. The number of hydrogen-bond donors (Lipinski definition) is 2. The van der Waals surface area contributed by atoms with Gasteiger partial charge in [0.05, 0.1) is 27.1 Å². The van der Waals surface area contributed by atoms with Crippen LogP contribution in [0.4, 0.5) is 0 Å². The van der Waals surface area contributed by atoms with Crippen LogP contribution >= 0.6 is 27.3 Å². The molecule has 2 aromatic heterocycles. The van der Waals surface area contributed by atoms with Gasteiger partial charge in [0.15, 0.2) is 0 Å². The maximum absolute atomic E-state index is 12.3. The first-order valence-corrected chi connectivity index (χ1v) is 9.56. The van der Waals surface area contributed by atoms with Gasteiger partial charge in [0.2, 0.25) is 5.91 Å². The number of aromatic amines is 1. The molecule has 1 aliphatic rings. The fraction of sp³-hybridized carbons (Fsp3) is 0.353. The second kappa shape index (κ2) is 6.29. The van der Waals surface area contributed by atoms with Gasteiger partial charge >= 0.3 is 0 Å². The molecule has 0 radical (unpaired) electrons. The van der Waals surface area contributed by atoms with Crippen LogP contribution in [0.1, 0.15) is 42.6 Å². The largest absolute Gasteiger partial charge is 0.347 e. The molecule has 124 valence electrons. The molecule has 0 unspecified atom stereocenters. The summed E-state index contributed by atoms with van der Waals surface area (Å²) in [7, 11) is 0. The lowest BCUT2D eigenvalue weighted by molar-refractivity contribution is -0.122. The number of fused-ring (bicyclic) bond motifs is 1. The Labute approximate surface area is 152 Å². The Balaban J connectivity index is 1.34. The molecule has 0 aliphatic heterocycles. The summed E-state index contributed by atoms with van der Waals surface area (Å²) in [5, 5.41) is 3.95. The number of nitrogens with one attached hydrogen (secondary N) is 2. The second-order valence-corrected chi connectivity index (χ2v) is 8.68. The summed E-state index contributed by atoms with van der Waals surface area (Å²) in [5.74, 6) is 1.83. The number of hydrogen-bond acceptors (Lipinski definition) is 4. The van der Waals surface area contributed by atoms with E-state index in [9.17, 15) is 4.79 Å². The molecule has 3 atom stereocenters. The molecule has 1 aromatic carbocycles. The molecule has 1 fully saturated rings. The number of thiazole rings is 1. The first-order chi connectivity index (χ1) is 11.6. The van der Waals surface area contributed by atoms with E-state index in [0.717, 1.165) is 32.1 Å². The van der Waals surface area contributed by atoms with Gasteiger partial charge in [-0.2, -0.15) is 0 Å². The average molecular weight is 405 g/mol. The smallest absolute Gasteiger partial charge is 0.220 e. The summed E-state index contributed by atoms with van der Waals surface area (Å²) in [6, 6.07) is 7.97. The van der Waals surface area contributed by atoms with E-state index in [1.807, 2.05) is 31.2 Å². The normalized spacial score (nSPS) is 20.9. The van der Waals surface area contributed by atoms with Crippen molar-refractivity contribution in [3.05, 3.63) is 45.1 Å². The van der Waals surface area contributed by atoms with Crippen molar-refractivity contribution in [3.8, 4) is 0 Å². The number of aromatic nitrogens is 3. The minimum Gasteiger partial charge on any atom is -0.347 e. The first-order valence-electron chi connectivity index (χ1n) is 7.95. The van der Waals surface area contributed by atoms with E-state index in [4.69, 9.17) is 0 Å². The fourth-order valence-electron chi connectivity index (χ4n) is 3.02. The maximum Gasteiger partial charge on any atom is 0.220 e. The molecule has 0 bridgehead atoms. The number of carbonyl (C=O) groups is 1. The van der Waals surface area contributed by atoms with Crippen LogP contribution in [0, 0.1) is 5.92 Å². The summed E-state index contributed by atoms with van der Waals surface area (Å²) in [6.07, 6.45) is 3.32. The van der Waals surface area contributed by atoms with E-state index < -0.39 is 0 Å². The number of halogens is 1. The number of carbonyl (C=O) groups excluding carboxylic acids is 1. The van der Waals surface area contributed by atoms with Crippen LogP contribution < -0.4 is 5.32 Å². The predicted octanol–water partition coefficient (Wildman–Crippen LogP) is 4.15. The average Bonchev–Trinajstić information content (AvgIpc) is 2.97. The van der Waals surface area contributed by atoms with Crippen LogP contribution in [0.5, 0.6) is 0 Å². The molecule has 1 amide bonds. The molecule has 2 heterocycles. The van der Waals surface area contributed by atoms with Crippen LogP contribution in [0.15, 0.2) is 34.2 Å². The third-order valence-electron chi connectivity index (χ3n) is 4.37. The number of nitrogens with zero attached hydrogens (tertiary/aromatic N) is 2. The number of H-pyrrole nitrogens is 1. The quantitative estimate of drug-likeness (QED) is 0.670. The molecule has 4 rings (SSSR count). The lowest BCUT2D eigenvalue weighted by atomic mass is 10.2. The molecule has 1 aliphatic carbocycles. The van der Waals surface area contributed by atoms with Crippen molar-refractivity contribution in [1.82, 2.24) is 20.3 Å². The van der Waals surface area contributed by atoms with Gasteiger partial charge in [-0.05, 0) is 47.3 Å². The Hall–Kier alpha value is -1.73. The lowest BCUT2D eigenvalue weighted by Gasteiger charge is -2.10. The van der Waals surface area contributed by atoms with Crippen LogP contribution in [-0.2, 0) is 4.79 Å². The molecular formula is C17H17BrN4OS. The van der Waals surface area contributed by atoms with Gasteiger partial charge in [-0.15, -0.1) is 11.3 Å². The highest BCUT2D eigenvalue weighted by Gasteiger charge is 2.41. The Morgan fingerprint density at radius 1 is 1.50 bits per heavy atom. The standard InChI is InChI=1S/C17H17BrN4OS/c1-9(17-19-8-14(18)24-17)20-15(23)7-10-6-11(10)16-21-12-4-2-3-5-13(12)22-16/h2-5,8-11H,6-7H2,1H3,(H,20,23)(H,21,22)/t9-,10+,11-/m1/s1. The third-order valence-corrected chi connectivity index (χ3v) is 6.03. The Morgan fingerprint density at radius 2 is 2.33 bits per heavy atom. The maximum atomic E-state index is 12.3. The molecular weight excluding hydrogens is 388 g/mol. The molecule has 1 saturated carbocycles. The number of rotatable bonds is 5. The summed E-state index contributed by atoms with van der Waals surface area (Å²) < 4.78 is 0.978. The summed E-state index contributed by atoms with van der Waals surface area (Å²) in [5.41, 5.74) is 2.05. The molecule has 3 aromatic rings. The second-order valence-electron chi connectivity index (χ2n) is 6.24. The van der Waals surface area contributed by atoms with Crippen molar-refractivity contribution in [1.29, 1.82) is 0 Å². The van der Waals surface area contributed by atoms with E-state index in [0.29, 0.717) is 18.3 Å². The number of imidazole rings is 1. The molecule has 2 N–H and O–H groups in total. The Morgan fingerprint density at radius 3 is 3.08 bits per heavy atom. The number of amides is 1. The van der Waals surface area contributed by atoms with E-state index >= 15 is 0 Å². The fourth-order valence-corrected chi connectivity index (χ4v) is 4.27. The predicted molar refractivity (Wildman–Crippen MR) is 97.9 cm³/mol. The van der Waals surface area contributed by atoms with Crippen molar-refractivity contribution < 1.29 is 4.79 Å². The van der Waals surface area contributed by atoms with Crippen molar-refractivity contribution in [2.75, 3.05) is 0 Å². The van der Waals surface area contributed by atoms with Gasteiger partial charge in [-0.25, -0.2) is 9.97 Å². The Kier molecular flexibility index (Phi) is 4.14. The van der Waals surface area contributed by atoms with Crippen molar-refractivity contribution in [3.63, 3.8) is 0 Å². The van der Waals surface area contributed by atoms with Gasteiger partial charge in [-0.3, -0.25) is 4.79 Å². The Bertz CT molecular complexity index is 856. The molecule has 24 heavy (non-hydrogen) atoms. The minimum absolute atomic E-state index is 0.0581. The van der Waals surface area contributed by atoms with Gasteiger partial charge < -0.3 is 10.3 Å². The van der Waals surface area contributed by atoms with E-state index in [1.165, 1.54) is 0 Å². The van der Waals surface area contributed by atoms with Gasteiger partial charge in [0.25, 0.3) is 0 Å². The van der Waals surface area contributed by atoms with Gasteiger partial charge in [0.1, 0.15) is 10.8 Å². The monoisotopic (exact) mass is 404 g/mol. The van der Waals surface area contributed by atoms with Crippen molar-refractivity contribution >= 4 is 44.2 Å². The van der Waals surface area contributed by atoms with Crippen LogP contribution in [-0.4, -0.2) is 20.9 Å². The van der Waals surface area contributed by atoms with Gasteiger partial charge in [0, 0.05) is 12.3 Å². The van der Waals surface area contributed by atoms with Crippen LogP contribution in [0.25, 0.3) is 11.0 Å². The number of benzene rings is 1.